The molecule has 1 amide bonds. The Hall–Kier alpha value is -2.75. The minimum atomic E-state index is -0.188. The van der Waals surface area contributed by atoms with Crippen molar-refractivity contribution in [2.75, 3.05) is 18.8 Å². The highest BCUT2D eigenvalue weighted by Crippen LogP contribution is 2.28. The molecule has 0 radical (unpaired) electrons. The molecular formula is C24H24N4O2S3. The molecule has 2 aromatic carbocycles. The summed E-state index contributed by atoms with van der Waals surface area (Å²) in [5.41, 5.74) is 2.97. The topological polar surface area (TPSA) is 60.1 Å². The van der Waals surface area contributed by atoms with Crippen LogP contribution in [0.4, 0.5) is 0 Å². The second kappa shape index (κ2) is 10.0. The predicted molar refractivity (Wildman–Crippen MR) is 139 cm³/mol. The summed E-state index contributed by atoms with van der Waals surface area (Å²) in [5.74, 6) is 0.210. The lowest BCUT2D eigenvalue weighted by molar-refractivity contribution is -0.127. The predicted octanol–water partition coefficient (Wildman–Crippen LogP) is 5.24. The van der Waals surface area contributed by atoms with Crippen LogP contribution in [0.2, 0.25) is 0 Å². The second-order valence-corrected chi connectivity index (χ2v) is 9.95. The minimum absolute atomic E-state index is 0.0139. The lowest BCUT2D eigenvalue weighted by atomic mass is 10.2. The van der Waals surface area contributed by atoms with Crippen molar-refractivity contribution in [2.45, 2.75) is 25.9 Å². The van der Waals surface area contributed by atoms with Crippen molar-refractivity contribution in [3.05, 3.63) is 74.5 Å². The smallest absolute Gasteiger partial charge is 0.278 e. The number of amides is 1. The standard InChI is InChI=1S/C24H24N4O2S3/c1-4-26(5-2)19(29)15-32-23-25-21-20(22(30)27(23)17-12-7-6-8-13-17)33-24(31)28(21)18-14-10-9-11-16(18)3/h6-14H,4-5,15H2,1-3H3. The van der Waals surface area contributed by atoms with Crippen LogP contribution in [0.15, 0.2) is 64.5 Å². The molecule has 6 nitrogen and oxygen atoms in total. The Morgan fingerprint density at radius 2 is 1.73 bits per heavy atom. The van der Waals surface area contributed by atoms with Crippen molar-refractivity contribution in [1.29, 1.82) is 0 Å². The van der Waals surface area contributed by atoms with E-state index in [1.807, 2.05) is 79.9 Å². The number of rotatable bonds is 7. The zero-order valence-electron chi connectivity index (χ0n) is 18.6. The van der Waals surface area contributed by atoms with E-state index in [-0.39, 0.29) is 17.2 Å². The van der Waals surface area contributed by atoms with Gasteiger partial charge in [0.15, 0.2) is 14.8 Å². The van der Waals surface area contributed by atoms with E-state index in [1.165, 1.54) is 23.1 Å². The molecule has 170 valence electrons. The zero-order valence-corrected chi connectivity index (χ0v) is 21.1. The number of hydrogen-bond acceptors (Lipinski definition) is 6. The number of benzene rings is 2. The first-order valence-corrected chi connectivity index (χ1v) is 12.9. The molecule has 0 saturated heterocycles. The number of carbonyl (C=O) groups excluding carboxylic acids is 1. The molecular weight excluding hydrogens is 472 g/mol. The van der Waals surface area contributed by atoms with Gasteiger partial charge in [0.1, 0.15) is 4.70 Å². The van der Waals surface area contributed by atoms with E-state index in [4.69, 9.17) is 17.2 Å². The first kappa shape index (κ1) is 23.4. The summed E-state index contributed by atoms with van der Waals surface area (Å²) < 4.78 is 4.49. The van der Waals surface area contributed by atoms with Gasteiger partial charge in [0.2, 0.25) is 5.91 Å². The normalized spacial score (nSPS) is 11.1. The summed E-state index contributed by atoms with van der Waals surface area (Å²) in [5, 5.41) is 0.467. The Morgan fingerprint density at radius 1 is 1.06 bits per heavy atom. The van der Waals surface area contributed by atoms with Crippen LogP contribution in [-0.2, 0) is 4.79 Å². The highest BCUT2D eigenvalue weighted by Gasteiger charge is 2.21. The van der Waals surface area contributed by atoms with Crippen molar-refractivity contribution in [1.82, 2.24) is 19.0 Å². The van der Waals surface area contributed by atoms with Crippen molar-refractivity contribution < 1.29 is 4.79 Å². The minimum Gasteiger partial charge on any atom is -0.343 e. The number of nitrogens with zero attached hydrogens (tertiary/aromatic N) is 4. The van der Waals surface area contributed by atoms with E-state index in [2.05, 4.69) is 0 Å². The molecule has 0 unspecified atom stereocenters. The van der Waals surface area contributed by atoms with Gasteiger partial charge < -0.3 is 4.90 Å². The number of carbonyl (C=O) groups is 1. The summed E-state index contributed by atoms with van der Waals surface area (Å²) in [4.78, 5) is 33.0. The maximum atomic E-state index is 13.7. The third kappa shape index (κ3) is 4.53. The summed E-state index contributed by atoms with van der Waals surface area (Å²) in [7, 11) is 0. The van der Waals surface area contributed by atoms with E-state index in [9.17, 15) is 9.59 Å². The van der Waals surface area contributed by atoms with Crippen LogP contribution in [0.5, 0.6) is 0 Å². The van der Waals surface area contributed by atoms with E-state index in [0.29, 0.717) is 38.2 Å². The van der Waals surface area contributed by atoms with Crippen LogP contribution >= 0.6 is 35.3 Å². The molecule has 4 rings (SSSR count). The Morgan fingerprint density at radius 3 is 2.39 bits per heavy atom. The molecule has 0 fully saturated rings. The van der Waals surface area contributed by atoms with E-state index < -0.39 is 0 Å². The number of aromatic nitrogens is 3. The summed E-state index contributed by atoms with van der Waals surface area (Å²) in [6.07, 6.45) is 0. The molecule has 4 aromatic rings. The van der Waals surface area contributed by atoms with E-state index >= 15 is 0 Å². The molecule has 0 atom stereocenters. The highest BCUT2D eigenvalue weighted by molar-refractivity contribution is 7.99. The number of fused-ring (bicyclic) bond motifs is 1. The molecule has 33 heavy (non-hydrogen) atoms. The van der Waals surface area contributed by atoms with Gasteiger partial charge in [-0.1, -0.05) is 59.5 Å². The van der Waals surface area contributed by atoms with Gasteiger partial charge in [-0.2, -0.15) is 0 Å². The van der Waals surface area contributed by atoms with Gasteiger partial charge in [-0.25, -0.2) is 4.98 Å². The van der Waals surface area contributed by atoms with Crippen LogP contribution in [0, 0.1) is 10.9 Å². The maximum absolute atomic E-state index is 13.7. The molecule has 2 heterocycles. The monoisotopic (exact) mass is 496 g/mol. The second-order valence-electron chi connectivity index (χ2n) is 7.37. The van der Waals surface area contributed by atoms with Crippen molar-refractivity contribution in [3.8, 4) is 11.4 Å². The average Bonchev–Trinajstić information content (AvgIpc) is 3.15. The third-order valence-corrected chi connectivity index (χ3v) is 7.66. The Bertz CT molecular complexity index is 1420. The van der Waals surface area contributed by atoms with Gasteiger partial charge >= 0.3 is 0 Å². The number of thioether (sulfide) groups is 1. The molecule has 2 aromatic heterocycles. The molecule has 0 aliphatic rings. The summed E-state index contributed by atoms with van der Waals surface area (Å²) in [6.45, 7) is 7.20. The lowest BCUT2D eigenvalue weighted by Crippen LogP contribution is -2.32. The molecule has 0 saturated carbocycles. The molecule has 0 aliphatic heterocycles. The van der Waals surface area contributed by atoms with Gasteiger partial charge in [-0.05, 0) is 56.8 Å². The highest BCUT2D eigenvalue weighted by atomic mass is 32.2. The van der Waals surface area contributed by atoms with Crippen LogP contribution in [-0.4, -0.2) is 43.8 Å². The van der Waals surface area contributed by atoms with Crippen LogP contribution < -0.4 is 5.56 Å². The fraction of sp³-hybridized carbons (Fsp3) is 0.250. The molecule has 0 bridgehead atoms. The number of para-hydroxylation sites is 2. The number of aryl methyl sites for hydroxylation is 1. The Kier molecular flexibility index (Phi) is 7.11. The van der Waals surface area contributed by atoms with Gasteiger partial charge in [0, 0.05) is 13.1 Å². The fourth-order valence-electron chi connectivity index (χ4n) is 3.66. The molecule has 9 heteroatoms. The first-order chi connectivity index (χ1) is 16.0. The quantitative estimate of drug-likeness (QED) is 0.199. The Balaban J connectivity index is 1.93. The zero-order chi connectivity index (χ0) is 23.5. The van der Waals surface area contributed by atoms with Crippen LogP contribution in [0.1, 0.15) is 19.4 Å². The van der Waals surface area contributed by atoms with Crippen LogP contribution in [0.25, 0.3) is 21.7 Å². The van der Waals surface area contributed by atoms with E-state index in [0.717, 1.165) is 11.3 Å². The molecule has 0 N–H and O–H groups in total. The molecule has 0 spiro atoms. The number of hydrogen-bond donors (Lipinski definition) is 0. The van der Waals surface area contributed by atoms with Gasteiger partial charge in [0.05, 0.1) is 17.1 Å². The maximum Gasteiger partial charge on any atom is 0.278 e. The largest absolute Gasteiger partial charge is 0.343 e. The number of thiazole rings is 1. The first-order valence-electron chi connectivity index (χ1n) is 10.7. The van der Waals surface area contributed by atoms with Gasteiger partial charge in [-0.3, -0.25) is 18.7 Å². The lowest BCUT2D eigenvalue weighted by Gasteiger charge is -2.19. The average molecular weight is 497 g/mol. The Labute approximate surface area is 205 Å². The summed E-state index contributed by atoms with van der Waals surface area (Å²) >= 11 is 8.19. The summed E-state index contributed by atoms with van der Waals surface area (Å²) in [6, 6.07) is 17.3. The SMILES string of the molecule is CCN(CC)C(=O)CSc1nc2c(sc(=S)n2-c2ccccc2C)c(=O)n1-c1ccccc1. The van der Waals surface area contributed by atoms with Crippen molar-refractivity contribution in [3.63, 3.8) is 0 Å². The van der Waals surface area contributed by atoms with Crippen molar-refractivity contribution >= 4 is 51.6 Å². The third-order valence-electron chi connectivity index (χ3n) is 5.39. The van der Waals surface area contributed by atoms with Gasteiger partial charge in [0.25, 0.3) is 5.56 Å². The van der Waals surface area contributed by atoms with Gasteiger partial charge in [-0.15, -0.1) is 0 Å². The van der Waals surface area contributed by atoms with Crippen LogP contribution in [0.3, 0.4) is 0 Å². The fourth-order valence-corrected chi connectivity index (χ4v) is 5.85. The van der Waals surface area contributed by atoms with E-state index in [1.54, 1.807) is 9.47 Å². The molecule has 0 aliphatic carbocycles. The van der Waals surface area contributed by atoms with Crippen molar-refractivity contribution in [2.24, 2.45) is 0 Å².